The summed E-state index contributed by atoms with van der Waals surface area (Å²) >= 11 is 6.06. The maximum absolute atomic E-state index is 13.4. The lowest BCUT2D eigenvalue weighted by Gasteiger charge is -2.36. The first kappa shape index (κ1) is 25.7. The van der Waals surface area contributed by atoms with Crippen LogP contribution in [0.5, 0.6) is 0 Å². The number of carbonyl (C=O) groups is 2. The Morgan fingerprint density at radius 1 is 0.972 bits per heavy atom. The lowest BCUT2D eigenvalue weighted by molar-refractivity contribution is 0.0628. The van der Waals surface area contributed by atoms with Gasteiger partial charge in [0.05, 0.1) is 0 Å². The van der Waals surface area contributed by atoms with Gasteiger partial charge in [0, 0.05) is 62.1 Å². The number of aryl methyl sites for hydroxylation is 1. The van der Waals surface area contributed by atoms with E-state index in [0.29, 0.717) is 49.0 Å². The summed E-state index contributed by atoms with van der Waals surface area (Å²) in [5, 5.41) is 3.44. The molecule has 3 amide bonds. The quantitative estimate of drug-likeness (QED) is 0.472. The largest absolute Gasteiger partial charge is 0.336 e. The second-order valence-electron chi connectivity index (χ2n) is 8.99. The Kier molecular flexibility index (Phi) is 8.57. The molecule has 1 fully saturated rings. The zero-order valence-electron chi connectivity index (χ0n) is 20.3. The van der Waals surface area contributed by atoms with Crippen molar-refractivity contribution in [2.75, 3.05) is 44.6 Å². The lowest BCUT2D eigenvalue weighted by atomic mass is 10.1. The van der Waals surface area contributed by atoms with Crippen LogP contribution in [0.15, 0.2) is 72.8 Å². The molecule has 1 aliphatic rings. The summed E-state index contributed by atoms with van der Waals surface area (Å²) < 4.78 is 13.4. The van der Waals surface area contributed by atoms with E-state index in [1.54, 1.807) is 41.3 Å². The SMILES string of the molecule is Cc1ccc(C(=O)N2CCN(CCN(Cc3ccc(F)cc3)C(=O)Nc3cccc(Cl)c3)CC2)cc1. The third-order valence-corrected chi connectivity index (χ3v) is 6.53. The van der Waals surface area contributed by atoms with Crippen LogP contribution in [0, 0.1) is 12.7 Å². The number of piperazine rings is 1. The van der Waals surface area contributed by atoms with E-state index in [1.807, 2.05) is 36.1 Å². The van der Waals surface area contributed by atoms with Gasteiger partial charge in [0.2, 0.25) is 0 Å². The molecule has 0 saturated carbocycles. The number of nitrogens with one attached hydrogen (secondary N) is 1. The second kappa shape index (κ2) is 12.0. The molecule has 36 heavy (non-hydrogen) atoms. The van der Waals surface area contributed by atoms with Crippen LogP contribution in [0.4, 0.5) is 14.9 Å². The zero-order chi connectivity index (χ0) is 25.5. The van der Waals surface area contributed by atoms with Gasteiger partial charge < -0.3 is 15.1 Å². The van der Waals surface area contributed by atoms with Crippen molar-refractivity contribution < 1.29 is 14.0 Å². The predicted molar refractivity (Wildman–Crippen MR) is 141 cm³/mol. The predicted octanol–water partition coefficient (Wildman–Crippen LogP) is 5.28. The standard InChI is InChI=1S/C28H30ClFN4O2/c1-21-5-9-23(10-6-21)27(35)33-16-13-32(14-17-33)15-18-34(20-22-7-11-25(30)12-8-22)28(36)31-26-4-2-3-24(29)19-26/h2-12,19H,13-18,20H2,1H3,(H,31,36). The first-order valence-corrected chi connectivity index (χ1v) is 12.4. The molecule has 3 aromatic carbocycles. The molecule has 0 spiro atoms. The third kappa shape index (κ3) is 7.06. The van der Waals surface area contributed by atoms with Crippen molar-refractivity contribution in [1.29, 1.82) is 0 Å². The molecule has 6 nitrogen and oxygen atoms in total. The normalized spacial score (nSPS) is 13.9. The summed E-state index contributed by atoms with van der Waals surface area (Å²) in [6, 6.07) is 20.6. The average molecular weight is 509 g/mol. The van der Waals surface area contributed by atoms with Gasteiger partial charge in [-0.15, -0.1) is 0 Å². The molecule has 8 heteroatoms. The molecule has 0 atom stereocenters. The molecule has 1 N–H and O–H groups in total. The fourth-order valence-corrected chi connectivity index (χ4v) is 4.34. The maximum atomic E-state index is 13.4. The van der Waals surface area contributed by atoms with E-state index in [4.69, 9.17) is 11.6 Å². The van der Waals surface area contributed by atoms with E-state index in [0.717, 1.165) is 24.2 Å². The number of carbonyl (C=O) groups excluding carboxylic acids is 2. The maximum Gasteiger partial charge on any atom is 0.322 e. The van der Waals surface area contributed by atoms with Crippen molar-refractivity contribution in [3.63, 3.8) is 0 Å². The van der Waals surface area contributed by atoms with Crippen LogP contribution >= 0.6 is 11.6 Å². The monoisotopic (exact) mass is 508 g/mol. The molecule has 4 rings (SSSR count). The molecule has 0 unspecified atom stereocenters. The van der Waals surface area contributed by atoms with Crippen molar-refractivity contribution in [3.8, 4) is 0 Å². The molecule has 1 heterocycles. The van der Waals surface area contributed by atoms with Crippen LogP contribution in [-0.4, -0.2) is 65.9 Å². The van der Waals surface area contributed by atoms with Gasteiger partial charge in [0.15, 0.2) is 0 Å². The summed E-state index contributed by atoms with van der Waals surface area (Å²) in [6.45, 7) is 6.24. The van der Waals surface area contributed by atoms with E-state index >= 15 is 0 Å². The second-order valence-corrected chi connectivity index (χ2v) is 9.42. The summed E-state index contributed by atoms with van der Waals surface area (Å²) in [5.74, 6) is -0.264. The van der Waals surface area contributed by atoms with Gasteiger partial charge in [-0.1, -0.05) is 47.5 Å². The van der Waals surface area contributed by atoms with Crippen molar-refractivity contribution >= 4 is 29.2 Å². The van der Waals surface area contributed by atoms with Crippen LogP contribution in [0.1, 0.15) is 21.5 Å². The van der Waals surface area contributed by atoms with Crippen LogP contribution in [0.3, 0.4) is 0 Å². The molecule has 188 valence electrons. The van der Waals surface area contributed by atoms with Gasteiger partial charge in [0.1, 0.15) is 5.82 Å². The molecule has 0 bridgehead atoms. The molecule has 0 radical (unpaired) electrons. The highest BCUT2D eigenvalue weighted by atomic mass is 35.5. The highest BCUT2D eigenvalue weighted by Gasteiger charge is 2.23. The topological polar surface area (TPSA) is 55.9 Å². The number of rotatable bonds is 7. The number of benzene rings is 3. The smallest absolute Gasteiger partial charge is 0.322 e. The molecule has 0 aromatic heterocycles. The number of amides is 3. The molecule has 0 aliphatic carbocycles. The fourth-order valence-electron chi connectivity index (χ4n) is 4.15. The number of hydrogen-bond donors (Lipinski definition) is 1. The van der Waals surface area contributed by atoms with Crippen LogP contribution < -0.4 is 5.32 Å². The Labute approximate surface area is 216 Å². The summed E-state index contributed by atoms with van der Waals surface area (Å²) in [5.41, 5.74) is 3.28. The number of halogens is 2. The Balaban J connectivity index is 1.35. The average Bonchev–Trinajstić information content (AvgIpc) is 2.88. The highest BCUT2D eigenvalue weighted by Crippen LogP contribution is 2.17. The number of urea groups is 1. The molecule has 1 saturated heterocycles. The van der Waals surface area contributed by atoms with Crippen molar-refractivity contribution in [2.24, 2.45) is 0 Å². The first-order chi connectivity index (χ1) is 17.4. The van der Waals surface area contributed by atoms with Gasteiger partial charge in [0.25, 0.3) is 5.91 Å². The first-order valence-electron chi connectivity index (χ1n) is 12.0. The van der Waals surface area contributed by atoms with E-state index in [-0.39, 0.29) is 17.8 Å². The Morgan fingerprint density at radius 2 is 1.67 bits per heavy atom. The number of nitrogens with zero attached hydrogens (tertiary/aromatic N) is 3. The Morgan fingerprint density at radius 3 is 2.33 bits per heavy atom. The molecular formula is C28H30ClFN4O2. The molecule has 1 aliphatic heterocycles. The lowest BCUT2D eigenvalue weighted by Crippen LogP contribution is -2.50. The minimum absolute atomic E-state index is 0.0495. The van der Waals surface area contributed by atoms with Crippen molar-refractivity contribution in [1.82, 2.24) is 14.7 Å². The summed E-state index contributed by atoms with van der Waals surface area (Å²) in [6.07, 6.45) is 0. The van der Waals surface area contributed by atoms with E-state index in [1.165, 1.54) is 12.1 Å². The zero-order valence-corrected chi connectivity index (χ0v) is 21.0. The highest BCUT2D eigenvalue weighted by molar-refractivity contribution is 6.30. The van der Waals surface area contributed by atoms with Gasteiger partial charge >= 0.3 is 6.03 Å². The van der Waals surface area contributed by atoms with Gasteiger partial charge in [-0.05, 0) is 55.0 Å². The number of anilines is 1. The van der Waals surface area contributed by atoms with Crippen LogP contribution in [-0.2, 0) is 6.54 Å². The van der Waals surface area contributed by atoms with Gasteiger partial charge in [-0.3, -0.25) is 9.69 Å². The molecular weight excluding hydrogens is 479 g/mol. The summed E-state index contributed by atoms with van der Waals surface area (Å²) in [4.78, 5) is 31.8. The van der Waals surface area contributed by atoms with Gasteiger partial charge in [-0.2, -0.15) is 0 Å². The Hall–Kier alpha value is -3.42. The molecule has 3 aromatic rings. The third-order valence-electron chi connectivity index (χ3n) is 6.29. The van der Waals surface area contributed by atoms with E-state index < -0.39 is 0 Å². The van der Waals surface area contributed by atoms with Gasteiger partial charge in [-0.25, -0.2) is 9.18 Å². The van der Waals surface area contributed by atoms with Crippen LogP contribution in [0.25, 0.3) is 0 Å². The van der Waals surface area contributed by atoms with E-state index in [9.17, 15) is 14.0 Å². The Bertz CT molecular complexity index is 1180. The van der Waals surface area contributed by atoms with Crippen molar-refractivity contribution in [2.45, 2.75) is 13.5 Å². The number of hydrogen-bond acceptors (Lipinski definition) is 3. The van der Waals surface area contributed by atoms with Crippen molar-refractivity contribution in [3.05, 3.63) is 100 Å². The minimum Gasteiger partial charge on any atom is -0.336 e. The minimum atomic E-state index is -0.313. The fraction of sp³-hybridized carbons (Fsp3) is 0.286. The van der Waals surface area contributed by atoms with E-state index in [2.05, 4.69) is 10.2 Å². The summed E-state index contributed by atoms with van der Waals surface area (Å²) in [7, 11) is 0. The van der Waals surface area contributed by atoms with Crippen LogP contribution in [0.2, 0.25) is 5.02 Å².